The van der Waals surface area contributed by atoms with E-state index in [1.807, 2.05) is 43.1 Å². The average Bonchev–Trinajstić information content (AvgIpc) is 3.73. The van der Waals surface area contributed by atoms with Gasteiger partial charge < -0.3 is 10.3 Å². The smallest absolute Gasteiger partial charge is 0.181 e. The van der Waals surface area contributed by atoms with E-state index >= 15 is 0 Å². The second kappa shape index (κ2) is 9.79. The number of hydrogen-bond donors (Lipinski definition) is 3. The van der Waals surface area contributed by atoms with Gasteiger partial charge in [0.05, 0.1) is 23.1 Å². The number of rotatable bonds is 7. The lowest BCUT2D eigenvalue weighted by atomic mass is 10.0. The number of aromatic nitrogens is 7. The topological polar surface area (TPSA) is 108 Å². The van der Waals surface area contributed by atoms with Crippen molar-refractivity contribution < 1.29 is 0 Å². The molecule has 1 fully saturated rings. The lowest BCUT2D eigenvalue weighted by molar-refractivity contribution is 0.489. The third kappa shape index (κ3) is 4.33. The van der Waals surface area contributed by atoms with Gasteiger partial charge in [0.25, 0.3) is 0 Å². The van der Waals surface area contributed by atoms with E-state index in [1.54, 1.807) is 12.4 Å². The fraction of sp³-hybridized carbons (Fsp3) is 0.233. The molecule has 0 unspecified atom stereocenters. The van der Waals surface area contributed by atoms with Crippen LogP contribution >= 0.6 is 0 Å². The lowest BCUT2D eigenvalue weighted by Gasteiger charge is -2.11. The Balaban J connectivity index is 1.20. The number of hydrogen-bond acceptors (Lipinski definition) is 6. The molecule has 3 N–H and O–H groups in total. The second-order valence-electron chi connectivity index (χ2n) is 10.1. The van der Waals surface area contributed by atoms with E-state index in [9.17, 15) is 0 Å². The number of fused-ring (bicyclic) bond motifs is 2. The predicted molar refractivity (Wildman–Crippen MR) is 149 cm³/mol. The molecular weight excluding hydrogens is 472 g/mol. The van der Waals surface area contributed by atoms with Gasteiger partial charge >= 0.3 is 0 Å². The van der Waals surface area contributed by atoms with Crippen LogP contribution < -0.4 is 5.32 Å². The SMILES string of the molecule is c1cc(-c2cncc3[nH]c(-c4[nH]nc5ncc(-c6cncc(CNCC7CCCC7)c6)cc45)cc23)ccn1. The van der Waals surface area contributed by atoms with Crippen molar-refractivity contribution in [2.75, 3.05) is 6.54 Å². The minimum absolute atomic E-state index is 0.678. The Kier molecular flexibility index (Phi) is 5.86. The van der Waals surface area contributed by atoms with Crippen molar-refractivity contribution in [3.63, 3.8) is 0 Å². The van der Waals surface area contributed by atoms with Gasteiger partial charge in [0.2, 0.25) is 0 Å². The summed E-state index contributed by atoms with van der Waals surface area (Å²) < 4.78 is 0. The van der Waals surface area contributed by atoms with Crippen LogP contribution in [0.15, 0.2) is 73.7 Å². The second-order valence-corrected chi connectivity index (χ2v) is 10.1. The zero-order valence-electron chi connectivity index (χ0n) is 21.0. The van der Waals surface area contributed by atoms with Gasteiger partial charge in [0, 0.05) is 71.2 Å². The number of pyridine rings is 4. The van der Waals surface area contributed by atoms with Crippen molar-refractivity contribution in [2.24, 2.45) is 5.92 Å². The number of nitrogens with zero attached hydrogens (tertiary/aromatic N) is 5. The molecule has 1 saturated carbocycles. The van der Waals surface area contributed by atoms with E-state index in [0.29, 0.717) is 5.65 Å². The number of aromatic amines is 2. The Hall–Kier alpha value is -4.43. The van der Waals surface area contributed by atoms with Gasteiger partial charge in [-0.2, -0.15) is 5.10 Å². The van der Waals surface area contributed by atoms with Crippen molar-refractivity contribution in [2.45, 2.75) is 32.2 Å². The Bertz CT molecular complexity index is 1710. The quantitative estimate of drug-likeness (QED) is 0.252. The first-order valence-electron chi connectivity index (χ1n) is 13.2. The first-order chi connectivity index (χ1) is 18.8. The van der Waals surface area contributed by atoms with Crippen molar-refractivity contribution in [3.8, 4) is 33.6 Å². The molecule has 0 aromatic carbocycles. The molecule has 0 spiro atoms. The molecule has 8 nitrogen and oxygen atoms in total. The minimum Gasteiger partial charge on any atom is -0.352 e. The molecule has 6 heterocycles. The van der Waals surface area contributed by atoms with Crippen LogP contribution in [-0.4, -0.2) is 41.7 Å². The highest BCUT2D eigenvalue weighted by Crippen LogP contribution is 2.34. The Morgan fingerprint density at radius 1 is 0.816 bits per heavy atom. The van der Waals surface area contributed by atoms with Crippen LogP contribution in [0.1, 0.15) is 31.2 Å². The van der Waals surface area contributed by atoms with Gasteiger partial charge in [0.15, 0.2) is 5.65 Å². The Morgan fingerprint density at radius 3 is 2.55 bits per heavy atom. The van der Waals surface area contributed by atoms with Gasteiger partial charge in [-0.1, -0.05) is 12.8 Å². The first kappa shape index (κ1) is 22.7. The molecule has 188 valence electrons. The summed E-state index contributed by atoms with van der Waals surface area (Å²) >= 11 is 0. The van der Waals surface area contributed by atoms with E-state index < -0.39 is 0 Å². The van der Waals surface area contributed by atoms with Crippen molar-refractivity contribution in [1.82, 2.24) is 40.4 Å². The molecule has 7 rings (SSSR count). The number of H-pyrrole nitrogens is 2. The summed E-state index contributed by atoms with van der Waals surface area (Å²) in [5.74, 6) is 0.818. The highest BCUT2D eigenvalue weighted by atomic mass is 15.2. The fourth-order valence-corrected chi connectivity index (χ4v) is 5.59. The van der Waals surface area contributed by atoms with E-state index in [1.165, 1.54) is 31.2 Å². The monoisotopic (exact) mass is 500 g/mol. The molecule has 0 aliphatic heterocycles. The molecule has 1 aliphatic carbocycles. The van der Waals surface area contributed by atoms with Crippen LogP contribution in [0, 0.1) is 5.92 Å². The molecule has 8 heteroatoms. The van der Waals surface area contributed by atoms with Gasteiger partial charge in [-0.25, -0.2) is 4.98 Å². The highest BCUT2D eigenvalue weighted by molar-refractivity contribution is 6.00. The maximum Gasteiger partial charge on any atom is 0.181 e. The molecule has 0 atom stereocenters. The van der Waals surface area contributed by atoms with Crippen LogP contribution in [0.4, 0.5) is 0 Å². The van der Waals surface area contributed by atoms with Crippen LogP contribution in [0.25, 0.3) is 55.6 Å². The van der Waals surface area contributed by atoms with Gasteiger partial charge in [-0.15, -0.1) is 0 Å². The third-order valence-corrected chi connectivity index (χ3v) is 7.58. The normalized spacial score (nSPS) is 14.1. The van der Waals surface area contributed by atoms with Crippen molar-refractivity contribution >= 4 is 21.9 Å². The lowest BCUT2D eigenvalue weighted by Crippen LogP contribution is -2.20. The molecule has 38 heavy (non-hydrogen) atoms. The Labute approximate surface area is 220 Å². The summed E-state index contributed by atoms with van der Waals surface area (Å²) in [6.45, 7) is 1.91. The van der Waals surface area contributed by atoms with E-state index in [4.69, 9.17) is 0 Å². The fourth-order valence-electron chi connectivity index (χ4n) is 5.59. The number of nitrogens with one attached hydrogen (secondary N) is 3. The van der Waals surface area contributed by atoms with Gasteiger partial charge in [-0.3, -0.25) is 20.1 Å². The zero-order chi connectivity index (χ0) is 25.3. The van der Waals surface area contributed by atoms with Crippen LogP contribution in [0.2, 0.25) is 0 Å². The molecule has 6 aromatic heterocycles. The average molecular weight is 501 g/mol. The van der Waals surface area contributed by atoms with Crippen molar-refractivity contribution in [3.05, 3.63) is 79.3 Å². The zero-order valence-corrected chi connectivity index (χ0v) is 21.0. The molecular formula is C30H28N8. The molecule has 0 radical (unpaired) electrons. The van der Waals surface area contributed by atoms with Crippen LogP contribution in [0.3, 0.4) is 0 Å². The predicted octanol–water partition coefficient (Wildman–Crippen LogP) is 5.91. The summed E-state index contributed by atoms with van der Waals surface area (Å²) in [7, 11) is 0. The summed E-state index contributed by atoms with van der Waals surface area (Å²) in [6.07, 6.45) is 18.5. The summed E-state index contributed by atoms with van der Waals surface area (Å²) in [5, 5.41) is 13.3. The van der Waals surface area contributed by atoms with Gasteiger partial charge in [0.1, 0.15) is 0 Å². The molecule has 0 bridgehead atoms. The summed E-state index contributed by atoms with van der Waals surface area (Å²) in [4.78, 5) is 21.3. The van der Waals surface area contributed by atoms with E-state index in [-0.39, 0.29) is 0 Å². The first-order valence-corrected chi connectivity index (χ1v) is 13.2. The van der Waals surface area contributed by atoms with Crippen molar-refractivity contribution in [1.29, 1.82) is 0 Å². The summed E-state index contributed by atoms with van der Waals surface area (Å²) in [5.41, 5.74) is 8.85. The molecule has 0 amide bonds. The maximum atomic E-state index is 4.65. The van der Waals surface area contributed by atoms with Crippen LogP contribution in [-0.2, 0) is 6.54 Å². The third-order valence-electron chi connectivity index (χ3n) is 7.58. The highest BCUT2D eigenvalue weighted by Gasteiger charge is 2.16. The Morgan fingerprint density at radius 2 is 1.66 bits per heavy atom. The largest absolute Gasteiger partial charge is 0.352 e. The molecule has 1 aliphatic rings. The molecule has 6 aromatic rings. The van der Waals surface area contributed by atoms with Gasteiger partial charge in [-0.05, 0) is 66.8 Å². The standard InChI is InChI=1S/C30H28N8/c1-2-4-19(3-1)12-32-13-20-9-22(15-33-14-20)23-10-25-29(37-38-30(25)35-16-23)27-11-24-26(17-34-18-28(24)36-27)21-5-7-31-8-6-21/h5-11,14-19,32,36H,1-4,12-13H2,(H,35,37,38). The minimum atomic E-state index is 0.678. The van der Waals surface area contributed by atoms with E-state index in [2.05, 4.69) is 58.6 Å². The molecule has 0 saturated heterocycles. The summed E-state index contributed by atoms with van der Waals surface area (Å²) in [6, 6.07) is 10.5. The van der Waals surface area contributed by atoms with Crippen LogP contribution in [0.5, 0.6) is 0 Å². The maximum absolute atomic E-state index is 4.65. The van der Waals surface area contributed by atoms with E-state index in [0.717, 1.165) is 68.9 Å².